The maximum atomic E-state index is 13.0. The zero-order valence-electron chi connectivity index (χ0n) is 53.8. The summed E-state index contributed by atoms with van der Waals surface area (Å²) in [6.45, 7) is 4.65. The van der Waals surface area contributed by atoms with Gasteiger partial charge in [-0.15, -0.1) is 0 Å². The first kappa shape index (κ1) is 78.2. The van der Waals surface area contributed by atoms with Crippen LogP contribution in [0.3, 0.4) is 0 Å². The molecular formula is C71H135N2O6P. The van der Waals surface area contributed by atoms with Gasteiger partial charge in [-0.25, -0.2) is 0 Å². The first-order valence-electron chi connectivity index (χ1n) is 34.6. The summed E-state index contributed by atoms with van der Waals surface area (Å²) in [5, 5.41) is 14.1. The van der Waals surface area contributed by atoms with Gasteiger partial charge in [0.25, 0.3) is 7.82 Å². The molecule has 0 saturated carbocycles. The number of allylic oxidation sites excluding steroid dienone is 10. The van der Waals surface area contributed by atoms with E-state index in [-0.39, 0.29) is 19.1 Å². The maximum absolute atomic E-state index is 13.0. The fraction of sp³-hybridized carbons (Fsp3) is 0.845. The molecule has 80 heavy (non-hydrogen) atoms. The molecule has 1 amide bonds. The van der Waals surface area contributed by atoms with Crippen LogP contribution in [0.25, 0.3) is 0 Å². The third-order valence-corrected chi connectivity index (χ3v) is 16.7. The van der Waals surface area contributed by atoms with Gasteiger partial charge >= 0.3 is 0 Å². The zero-order valence-corrected chi connectivity index (χ0v) is 54.7. The van der Waals surface area contributed by atoms with Crippen molar-refractivity contribution in [1.82, 2.24) is 5.32 Å². The largest absolute Gasteiger partial charge is 0.756 e. The number of amides is 1. The number of hydrogen-bond donors (Lipinski definition) is 2. The van der Waals surface area contributed by atoms with E-state index in [2.05, 4.69) is 79.9 Å². The van der Waals surface area contributed by atoms with E-state index in [1.165, 1.54) is 238 Å². The third kappa shape index (κ3) is 63.8. The number of carbonyl (C=O) groups is 1. The second-order valence-corrected chi connectivity index (χ2v) is 26.3. The zero-order chi connectivity index (χ0) is 58.4. The Balaban J connectivity index is 3.92. The number of phosphoric ester groups is 1. The van der Waals surface area contributed by atoms with Crippen LogP contribution >= 0.6 is 7.82 Å². The fourth-order valence-corrected chi connectivity index (χ4v) is 11.1. The van der Waals surface area contributed by atoms with Crippen LogP contribution in [0.15, 0.2) is 60.8 Å². The minimum atomic E-state index is -4.58. The molecule has 0 fully saturated rings. The monoisotopic (exact) mass is 1140 g/mol. The molecule has 0 aromatic heterocycles. The molecule has 2 N–H and O–H groups in total. The summed E-state index contributed by atoms with van der Waals surface area (Å²) in [6.07, 6.45) is 84.4. The normalized spacial score (nSPS) is 14.0. The topological polar surface area (TPSA) is 108 Å². The Labute approximate surface area is 498 Å². The van der Waals surface area contributed by atoms with Crippen molar-refractivity contribution < 1.29 is 32.9 Å². The Morgan fingerprint density at radius 3 is 1.11 bits per heavy atom. The molecule has 8 nitrogen and oxygen atoms in total. The molecule has 0 aliphatic rings. The van der Waals surface area contributed by atoms with Crippen LogP contribution in [0.2, 0.25) is 0 Å². The lowest BCUT2D eigenvalue weighted by molar-refractivity contribution is -0.870. The highest BCUT2D eigenvalue weighted by atomic mass is 31.2. The summed E-state index contributed by atoms with van der Waals surface area (Å²) >= 11 is 0. The number of quaternary nitrogens is 1. The first-order chi connectivity index (χ1) is 39.0. The van der Waals surface area contributed by atoms with Crippen molar-refractivity contribution >= 4 is 13.7 Å². The van der Waals surface area contributed by atoms with Crippen LogP contribution in [-0.4, -0.2) is 68.5 Å². The van der Waals surface area contributed by atoms with Gasteiger partial charge < -0.3 is 28.8 Å². The Morgan fingerprint density at radius 2 is 0.762 bits per heavy atom. The maximum Gasteiger partial charge on any atom is 0.268 e. The predicted molar refractivity (Wildman–Crippen MR) is 348 cm³/mol. The Bertz CT molecular complexity index is 1490. The van der Waals surface area contributed by atoms with Crippen molar-refractivity contribution in [2.45, 2.75) is 347 Å². The van der Waals surface area contributed by atoms with Crippen LogP contribution in [0.1, 0.15) is 335 Å². The van der Waals surface area contributed by atoms with Crippen molar-refractivity contribution in [2.75, 3.05) is 40.9 Å². The predicted octanol–water partition coefficient (Wildman–Crippen LogP) is 21.4. The lowest BCUT2D eigenvalue weighted by Crippen LogP contribution is -2.46. The fourth-order valence-electron chi connectivity index (χ4n) is 10.4. The summed E-state index contributed by atoms with van der Waals surface area (Å²) in [6, 6.07) is -0.800. The van der Waals surface area contributed by atoms with Crippen molar-refractivity contribution in [3.05, 3.63) is 60.8 Å². The molecule has 0 rings (SSSR count). The highest BCUT2D eigenvalue weighted by Gasteiger charge is 2.24. The lowest BCUT2D eigenvalue weighted by Gasteiger charge is -2.30. The summed E-state index contributed by atoms with van der Waals surface area (Å²) < 4.78 is 23.5. The number of likely N-dealkylation sites (N-methyl/N-ethyl adjacent to an activating group) is 1. The van der Waals surface area contributed by atoms with Gasteiger partial charge in [-0.1, -0.05) is 331 Å². The van der Waals surface area contributed by atoms with Gasteiger partial charge in [-0.3, -0.25) is 9.36 Å². The molecule has 9 heteroatoms. The smallest absolute Gasteiger partial charge is 0.268 e. The Morgan fingerprint density at radius 1 is 0.450 bits per heavy atom. The molecular weight excluding hydrogens is 1010 g/mol. The van der Waals surface area contributed by atoms with Crippen molar-refractivity contribution in [1.29, 1.82) is 0 Å². The molecule has 0 aromatic carbocycles. The van der Waals surface area contributed by atoms with E-state index in [9.17, 15) is 19.4 Å². The standard InChI is InChI=1S/C71H135N2O6P/c1-6-8-10-12-14-16-18-20-22-24-26-27-28-29-30-31-32-33-34-35-36-37-38-39-40-41-42-43-44-45-47-49-51-53-55-57-59-61-63-65-71(75)72-69(68-79-80(76,77)78-67-66-73(3,4)5)70(74)64-62-60-58-56-54-52-50-48-46-25-23-21-19-17-15-13-11-9-7-2/h8,10,14,16,20,22,26-27,29-30,69-70,74H,6-7,9,11-13,15,17-19,21,23-25,28,31-68H2,1-5H3,(H-,72,75,76,77)/b10-8-,16-14-,22-20-,27-26-,30-29-. The number of aliphatic hydroxyl groups excluding tert-OH is 1. The number of aliphatic hydroxyl groups is 1. The van der Waals surface area contributed by atoms with E-state index in [1.807, 2.05) is 21.1 Å². The second kappa shape index (κ2) is 61.8. The third-order valence-electron chi connectivity index (χ3n) is 15.8. The van der Waals surface area contributed by atoms with Gasteiger partial charge in [0, 0.05) is 6.42 Å². The summed E-state index contributed by atoms with van der Waals surface area (Å²) in [7, 11) is 1.32. The summed E-state index contributed by atoms with van der Waals surface area (Å²) in [5.74, 6) is -0.158. The van der Waals surface area contributed by atoms with E-state index >= 15 is 0 Å². The highest BCUT2D eigenvalue weighted by molar-refractivity contribution is 7.45. The van der Waals surface area contributed by atoms with Crippen LogP contribution < -0.4 is 10.2 Å². The van der Waals surface area contributed by atoms with E-state index in [1.54, 1.807) is 0 Å². The quantitative estimate of drug-likeness (QED) is 0.0272. The van der Waals surface area contributed by atoms with Gasteiger partial charge in [0.2, 0.25) is 5.91 Å². The molecule has 0 bridgehead atoms. The van der Waals surface area contributed by atoms with Crippen LogP contribution in [0, 0.1) is 0 Å². The SMILES string of the molecule is CC/C=C\C/C=C\C/C=C\C/C=C\C/C=C\CCCCCCCCCCCCCCCCCCCCCCCCCC(=O)NC(COP(=O)([O-])OCC[N+](C)(C)C)C(O)CCCCCCCCCCCCCCCCCCCCC. The minimum Gasteiger partial charge on any atom is -0.756 e. The van der Waals surface area contributed by atoms with Crippen molar-refractivity contribution in [3.63, 3.8) is 0 Å². The number of hydrogen-bond acceptors (Lipinski definition) is 6. The number of nitrogens with one attached hydrogen (secondary N) is 1. The molecule has 0 aromatic rings. The number of carbonyl (C=O) groups excluding carboxylic acids is 1. The summed E-state index contributed by atoms with van der Waals surface area (Å²) in [4.78, 5) is 25.6. The molecule has 0 saturated heterocycles. The van der Waals surface area contributed by atoms with Gasteiger partial charge in [-0.2, -0.15) is 0 Å². The molecule has 0 aliphatic carbocycles. The van der Waals surface area contributed by atoms with Crippen molar-refractivity contribution in [3.8, 4) is 0 Å². The second-order valence-electron chi connectivity index (χ2n) is 24.9. The Hall–Kier alpha value is -1.80. The van der Waals surface area contributed by atoms with Gasteiger partial charge in [0.15, 0.2) is 0 Å². The van der Waals surface area contributed by atoms with Gasteiger partial charge in [-0.05, 0) is 57.8 Å². The highest BCUT2D eigenvalue weighted by Crippen LogP contribution is 2.38. The minimum absolute atomic E-state index is 0.0137. The summed E-state index contributed by atoms with van der Waals surface area (Å²) in [5.41, 5.74) is 0. The number of unbranched alkanes of at least 4 members (excludes halogenated alkanes) is 41. The number of rotatable bonds is 64. The molecule has 0 spiro atoms. The molecule has 0 radical (unpaired) electrons. The average Bonchev–Trinajstić information content (AvgIpc) is 3.42. The van der Waals surface area contributed by atoms with Crippen LogP contribution in [0.4, 0.5) is 0 Å². The van der Waals surface area contributed by atoms with E-state index in [0.29, 0.717) is 23.9 Å². The van der Waals surface area contributed by atoms with E-state index in [0.717, 1.165) is 70.6 Å². The Kier molecular flexibility index (Phi) is 60.4. The van der Waals surface area contributed by atoms with E-state index < -0.39 is 20.0 Å². The van der Waals surface area contributed by atoms with E-state index in [4.69, 9.17) is 9.05 Å². The molecule has 0 aliphatic heterocycles. The number of nitrogens with zero attached hydrogens (tertiary/aromatic N) is 1. The molecule has 470 valence electrons. The van der Waals surface area contributed by atoms with Crippen molar-refractivity contribution in [2.24, 2.45) is 0 Å². The first-order valence-corrected chi connectivity index (χ1v) is 36.1. The lowest BCUT2D eigenvalue weighted by atomic mass is 10.0. The average molecular weight is 1140 g/mol. The van der Waals surface area contributed by atoms with Gasteiger partial charge in [0.05, 0.1) is 39.9 Å². The molecule has 0 heterocycles. The number of phosphoric acid groups is 1. The van der Waals surface area contributed by atoms with Gasteiger partial charge in [0.1, 0.15) is 13.2 Å². The molecule has 3 unspecified atom stereocenters. The van der Waals surface area contributed by atoms with Crippen LogP contribution in [0.5, 0.6) is 0 Å². The molecule has 3 atom stereocenters. The van der Waals surface area contributed by atoms with Crippen LogP contribution in [-0.2, 0) is 18.4 Å².